The molecule has 0 fully saturated rings. The number of methoxy groups -OCH3 is 1. The maximum atomic E-state index is 11.2. The topological polar surface area (TPSA) is 64.3 Å². The number of nitrogen functional groups attached to an aromatic ring is 1. The van der Waals surface area contributed by atoms with Gasteiger partial charge in [-0.05, 0) is 12.5 Å². The molecule has 0 amide bonds. The summed E-state index contributed by atoms with van der Waals surface area (Å²) >= 11 is 1.40. The van der Waals surface area contributed by atoms with Crippen LogP contribution in [0.4, 0.5) is 5.69 Å². The second-order valence-corrected chi connectivity index (χ2v) is 3.58. The number of aryl methyl sites for hydroxylation is 1. The highest BCUT2D eigenvalue weighted by molar-refractivity contribution is 7.14. The molecular weight excluding hydrogens is 188 g/mol. The van der Waals surface area contributed by atoms with Gasteiger partial charge >= 0.3 is 5.97 Å². The molecule has 0 aliphatic rings. The van der Waals surface area contributed by atoms with E-state index in [0.29, 0.717) is 10.6 Å². The lowest BCUT2D eigenvalue weighted by molar-refractivity contribution is 0.0607. The van der Waals surface area contributed by atoms with Gasteiger partial charge in [-0.3, -0.25) is 5.84 Å². The van der Waals surface area contributed by atoms with E-state index in [1.54, 1.807) is 0 Å². The van der Waals surface area contributed by atoms with Gasteiger partial charge in [0, 0.05) is 4.88 Å². The Morgan fingerprint density at radius 1 is 1.77 bits per heavy atom. The van der Waals surface area contributed by atoms with Crippen molar-refractivity contribution in [2.24, 2.45) is 5.84 Å². The van der Waals surface area contributed by atoms with E-state index < -0.39 is 0 Å². The van der Waals surface area contributed by atoms with E-state index in [-0.39, 0.29) is 5.97 Å². The Labute approximate surface area is 80.7 Å². The van der Waals surface area contributed by atoms with Crippen molar-refractivity contribution >= 4 is 23.0 Å². The van der Waals surface area contributed by atoms with E-state index in [9.17, 15) is 4.79 Å². The highest BCUT2D eigenvalue weighted by Crippen LogP contribution is 2.27. The zero-order chi connectivity index (χ0) is 9.84. The first-order valence-corrected chi connectivity index (χ1v) is 4.72. The van der Waals surface area contributed by atoms with Crippen LogP contribution < -0.4 is 11.3 Å². The molecule has 0 saturated carbocycles. The molecule has 1 aromatic heterocycles. The maximum absolute atomic E-state index is 11.2. The molecular formula is C8H12N2O2S. The van der Waals surface area contributed by atoms with Crippen molar-refractivity contribution in [2.75, 3.05) is 12.5 Å². The van der Waals surface area contributed by atoms with Crippen LogP contribution in [-0.4, -0.2) is 13.1 Å². The van der Waals surface area contributed by atoms with Crippen molar-refractivity contribution in [1.29, 1.82) is 0 Å². The lowest BCUT2D eigenvalue weighted by Crippen LogP contribution is -2.10. The first-order valence-electron chi connectivity index (χ1n) is 3.90. The smallest absolute Gasteiger partial charge is 0.350 e. The van der Waals surface area contributed by atoms with Crippen molar-refractivity contribution < 1.29 is 9.53 Å². The van der Waals surface area contributed by atoms with Gasteiger partial charge in [0.25, 0.3) is 0 Å². The molecule has 0 radical (unpaired) electrons. The van der Waals surface area contributed by atoms with Gasteiger partial charge in [-0.2, -0.15) is 0 Å². The van der Waals surface area contributed by atoms with Crippen LogP contribution in [-0.2, 0) is 11.2 Å². The van der Waals surface area contributed by atoms with Crippen molar-refractivity contribution in [3.8, 4) is 0 Å². The molecule has 1 rings (SSSR count). The van der Waals surface area contributed by atoms with E-state index >= 15 is 0 Å². The van der Waals surface area contributed by atoms with E-state index in [1.165, 1.54) is 18.4 Å². The molecule has 3 N–H and O–H groups in total. The monoisotopic (exact) mass is 200 g/mol. The van der Waals surface area contributed by atoms with Crippen LogP contribution in [0.5, 0.6) is 0 Å². The minimum absolute atomic E-state index is 0.349. The number of esters is 1. The number of hydrogen-bond donors (Lipinski definition) is 2. The Hall–Kier alpha value is -1.07. The van der Waals surface area contributed by atoms with Gasteiger partial charge in [0.1, 0.15) is 4.88 Å². The van der Waals surface area contributed by atoms with Gasteiger partial charge in [0.15, 0.2) is 0 Å². The summed E-state index contributed by atoms with van der Waals surface area (Å²) in [6.07, 6.45) is 0.885. The summed E-state index contributed by atoms with van der Waals surface area (Å²) in [7, 11) is 1.36. The number of hydrogen-bond acceptors (Lipinski definition) is 5. The molecule has 0 aliphatic heterocycles. The van der Waals surface area contributed by atoms with Crippen LogP contribution in [0.3, 0.4) is 0 Å². The van der Waals surface area contributed by atoms with Gasteiger partial charge in [-0.25, -0.2) is 4.79 Å². The fraction of sp³-hybridized carbons (Fsp3) is 0.375. The fourth-order valence-electron chi connectivity index (χ4n) is 0.968. The van der Waals surface area contributed by atoms with Crippen LogP contribution in [0, 0.1) is 0 Å². The highest BCUT2D eigenvalue weighted by Gasteiger charge is 2.15. The van der Waals surface area contributed by atoms with Crippen molar-refractivity contribution in [3.63, 3.8) is 0 Å². The number of nitrogens with one attached hydrogen (secondary N) is 1. The summed E-state index contributed by atoms with van der Waals surface area (Å²) in [5.74, 6) is 4.91. The number of anilines is 1. The van der Waals surface area contributed by atoms with Gasteiger partial charge in [0.2, 0.25) is 0 Å². The summed E-state index contributed by atoms with van der Waals surface area (Å²) in [5, 5.41) is 0. The summed E-state index contributed by atoms with van der Waals surface area (Å²) in [4.78, 5) is 12.8. The molecule has 13 heavy (non-hydrogen) atoms. The molecule has 0 saturated heterocycles. The molecule has 72 valence electrons. The predicted octanol–water partition coefficient (Wildman–Crippen LogP) is 1.38. The lowest BCUT2D eigenvalue weighted by Gasteiger charge is -1.98. The number of hydrazine groups is 1. The molecule has 0 unspecified atom stereocenters. The SMILES string of the molecule is CCc1cc(NN)c(C(=O)OC)s1. The molecule has 1 heterocycles. The zero-order valence-electron chi connectivity index (χ0n) is 7.59. The molecule has 1 aromatic rings. The molecule has 5 heteroatoms. The Balaban J connectivity index is 3.03. The van der Waals surface area contributed by atoms with E-state index in [0.717, 1.165) is 11.3 Å². The first kappa shape index (κ1) is 10.0. The van der Waals surface area contributed by atoms with Gasteiger partial charge in [-0.15, -0.1) is 11.3 Å². The Bertz CT molecular complexity index is 309. The second-order valence-electron chi connectivity index (χ2n) is 2.44. The lowest BCUT2D eigenvalue weighted by atomic mass is 10.3. The Morgan fingerprint density at radius 2 is 2.46 bits per heavy atom. The van der Waals surface area contributed by atoms with Crippen LogP contribution in [0.2, 0.25) is 0 Å². The third-order valence-corrected chi connectivity index (χ3v) is 2.92. The number of thiophene rings is 1. The molecule has 0 atom stereocenters. The summed E-state index contributed by atoms with van der Waals surface area (Å²) in [5.41, 5.74) is 3.11. The minimum Gasteiger partial charge on any atom is -0.465 e. The summed E-state index contributed by atoms with van der Waals surface area (Å²) in [6.45, 7) is 2.02. The van der Waals surface area contributed by atoms with Crippen molar-refractivity contribution in [1.82, 2.24) is 0 Å². The van der Waals surface area contributed by atoms with Gasteiger partial charge in [-0.1, -0.05) is 6.92 Å². The number of carbonyl (C=O) groups is 1. The van der Waals surface area contributed by atoms with E-state index in [4.69, 9.17) is 5.84 Å². The number of nitrogens with two attached hydrogens (primary N) is 1. The molecule has 0 aliphatic carbocycles. The van der Waals surface area contributed by atoms with Crippen LogP contribution in [0.25, 0.3) is 0 Å². The normalized spacial score (nSPS) is 9.77. The fourth-order valence-corrected chi connectivity index (χ4v) is 1.95. The minimum atomic E-state index is -0.349. The number of ether oxygens (including phenoxy) is 1. The average Bonchev–Trinajstić information content (AvgIpc) is 2.59. The molecule has 0 bridgehead atoms. The largest absolute Gasteiger partial charge is 0.465 e. The van der Waals surface area contributed by atoms with Gasteiger partial charge < -0.3 is 10.2 Å². The third-order valence-electron chi connectivity index (χ3n) is 1.66. The van der Waals surface area contributed by atoms with E-state index in [2.05, 4.69) is 10.2 Å². The highest BCUT2D eigenvalue weighted by atomic mass is 32.1. The van der Waals surface area contributed by atoms with Crippen molar-refractivity contribution in [3.05, 3.63) is 15.8 Å². The number of carbonyl (C=O) groups excluding carboxylic acids is 1. The first-order chi connectivity index (χ1) is 6.22. The second kappa shape index (κ2) is 4.25. The predicted molar refractivity (Wildman–Crippen MR) is 52.8 cm³/mol. The summed E-state index contributed by atoms with van der Waals surface area (Å²) < 4.78 is 4.61. The molecule has 0 spiro atoms. The zero-order valence-corrected chi connectivity index (χ0v) is 8.40. The van der Waals surface area contributed by atoms with Gasteiger partial charge in [0.05, 0.1) is 12.8 Å². The van der Waals surface area contributed by atoms with Crippen LogP contribution >= 0.6 is 11.3 Å². The van der Waals surface area contributed by atoms with E-state index in [1.807, 2.05) is 13.0 Å². The van der Waals surface area contributed by atoms with Crippen LogP contribution in [0.15, 0.2) is 6.07 Å². The average molecular weight is 200 g/mol. The van der Waals surface area contributed by atoms with Crippen molar-refractivity contribution in [2.45, 2.75) is 13.3 Å². The Kier molecular flexibility index (Phi) is 3.27. The Morgan fingerprint density at radius 3 is 2.92 bits per heavy atom. The summed E-state index contributed by atoms with van der Waals surface area (Å²) in [6, 6.07) is 1.86. The third kappa shape index (κ3) is 1.99. The molecule has 4 nitrogen and oxygen atoms in total. The maximum Gasteiger partial charge on any atom is 0.350 e. The molecule has 0 aromatic carbocycles. The standard InChI is InChI=1S/C8H12N2O2S/c1-3-5-4-6(10-9)7(13-5)8(11)12-2/h4,10H,3,9H2,1-2H3. The number of rotatable bonds is 3. The van der Waals surface area contributed by atoms with Crippen LogP contribution in [0.1, 0.15) is 21.5 Å². The quantitative estimate of drug-likeness (QED) is 0.439.